The molecule has 1 fully saturated rings. The van der Waals surface area contributed by atoms with Crippen molar-refractivity contribution in [3.63, 3.8) is 0 Å². The number of hydrogen-bond donors (Lipinski definition) is 2. The number of rotatable bonds is 5. The molecule has 1 aliphatic heterocycles. The number of carbonyl (C=O) groups is 2. The lowest BCUT2D eigenvalue weighted by Gasteiger charge is -2.37. The molecule has 3 aromatic carbocycles. The van der Waals surface area contributed by atoms with E-state index < -0.39 is 17.6 Å². The summed E-state index contributed by atoms with van der Waals surface area (Å²) in [7, 11) is 1.32. The molecule has 8 heteroatoms. The van der Waals surface area contributed by atoms with Crippen LogP contribution in [0.4, 0.5) is 0 Å². The Hall–Kier alpha value is -3.84. The number of amides is 1. The molecule has 0 unspecified atom stereocenters. The molecule has 0 spiro atoms. The Balaban J connectivity index is 1.89. The largest absolute Gasteiger partial charge is 0.467 e. The maximum Gasteiger partial charge on any atom is 0.331 e. The van der Waals surface area contributed by atoms with Crippen molar-refractivity contribution in [3.8, 4) is 11.1 Å². The molecular weight excluding hydrogens is 466 g/mol. The Bertz CT molecular complexity index is 1310. The van der Waals surface area contributed by atoms with Gasteiger partial charge in [0.05, 0.1) is 13.2 Å². The van der Waals surface area contributed by atoms with Crippen molar-refractivity contribution in [1.29, 1.82) is 0 Å². The van der Waals surface area contributed by atoms with Crippen molar-refractivity contribution >= 4 is 29.3 Å². The normalized spacial score (nSPS) is 20.0. The van der Waals surface area contributed by atoms with E-state index in [1.165, 1.54) is 7.11 Å². The number of carbonyl (C=O) groups excluding carboxylic acids is 2. The molecule has 0 saturated carbocycles. The fraction of sp³-hybridized carbons (Fsp3) is 0.222. The van der Waals surface area contributed by atoms with E-state index in [9.17, 15) is 14.8 Å². The molecule has 1 amide bonds. The molecule has 2 atom stereocenters. The zero-order valence-electron chi connectivity index (χ0n) is 19.4. The molecule has 0 bridgehead atoms. The number of methoxy groups -OCH3 is 1. The quantitative estimate of drug-likeness (QED) is 0.171. The molecule has 1 saturated heterocycles. The van der Waals surface area contributed by atoms with E-state index in [1.807, 2.05) is 30.3 Å². The number of oxime groups is 1. The molecule has 1 heterocycles. The highest BCUT2D eigenvalue weighted by atomic mass is 35.5. The van der Waals surface area contributed by atoms with Crippen LogP contribution in [0.15, 0.2) is 78.0 Å². The van der Waals surface area contributed by atoms with E-state index in [0.29, 0.717) is 40.1 Å². The topological polar surface area (TPSA) is 105 Å². The van der Waals surface area contributed by atoms with Gasteiger partial charge in [-0.25, -0.2) is 4.79 Å². The monoisotopic (exact) mass is 491 g/mol. The Morgan fingerprint density at radius 2 is 1.60 bits per heavy atom. The molecular formula is C27H26ClN3O4. The second-order valence-corrected chi connectivity index (χ2v) is 9.00. The van der Waals surface area contributed by atoms with Crippen LogP contribution >= 0.6 is 11.6 Å². The molecule has 4 rings (SSSR count). The summed E-state index contributed by atoms with van der Waals surface area (Å²) in [5.41, 5.74) is 7.58. The average molecular weight is 492 g/mol. The molecule has 1 aliphatic rings. The van der Waals surface area contributed by atoms with Crippen LogP contribution in [0.25, 0.3) is 11.1 Å². The van der Waals surface area contributed by atoms with Crippen LogP contribution in [-0.2, 0) is 9.53 Å². The average Bonchev–Trinajstić information content (AvgIpc) is 3.25. The van der Waals surface area contributed by atoms with Gasteiger partial charge in [-0.15, -0.1) is 0 Å². The third kappa shape index (κ3) is 4.23. The summed E-state index contributed by atoms with van der Waals surface area (Å²) < 4.78 is 5.12. The Kier molecular flexibility index (Phi) is 6.80. The predicted molar refractivity (Wildman–Crippen MR) is 134 cm³/mol. The molecule has 0 aromatic heterocycles. The van der Waals surface area contributed by atoms with Gasteiger partial charge in [0.2, 0.25) is 0 Å². The van der Waals surface area contributed by atoms with Crippen molar-refractivity contribution in [2.45, 2.75) is 31.3 Å². The van der Waals surface area contributed by atoms with Crippen LogP contribution in [0.1, 0.15) is 47.3 Å². The van der Waals surface area contributed by atoms with Crippen molar-refractivity contribution in [1.82, 2.24) is 4.90 Å². The van der Waals surface area contributed by atoms with E-state index in [-0.39, 0.29) is 11.7 Å². The van der Waals surface area contributed by atoms with E-state index in [1.54, 1.807) is 54.3 Å². The van der Waals surface area contributed by atoms with E-state index >= 15 is 0 Å². The SMILES string of the molecule is COC(=O)[C@]1(C)CC[C@H](c2ccccc2Cl)N1C(=O)c1ccccc1-c1ccccc1/C(N)=N\O. The second-order valence-electron chi connectivity index (χ2n) is 8.59. The van der Waals surface area contributed by atoms with Gasteiger partial charge in [0, 0.05) is 16.1 Å². The van der Waals surface area contributed by atoms with Gasteiger partial charge in [0.25, 0.3) is 5.91 Å². The van der Waals surface area contributed by atoms with Crippen molar-refractivity contribution in [2.24, 2.45) is 10.9 Å². The highest BCUT2D eigenvalue weighted by molar-refractivity contribution is 6.31. The second kappa shape index (κ2) is 9.80. The van der Waals surface area contributed by atoms with Gasteiger partial charge in [0.15, 0.2) is 5.84 Å². The number of ether oxygens (including phenoxy) is 1. The Morgan fingerprint density at radius 3 is 2.23 bits per heavy atom. The van der Waals surface area contributed by atoms with Gasteiger partial charge in [-0.05, 0) is 48.6 Å². The summed E-state index contributed by atoms with van der Waals surface area (Å²) in [6.45, 7) is 1.72. The summed E-state index contributed by atoms with van der Waals surface area (Å²) in [6, 6.07) is 21.1. The Morgan fingerprint density at radius 1 is 1.03 bits per heavy atom. The molecule has 180 valence electrons. The maximum absolute atomic E-state index is 14.3. The van der Waals surface area contributed by atoms with Gasteiger partial charge in [-0.1, -0.05) is 77.4 Å². The third-order valence-corrected chi connectivity index (χ3v) is 6.96. The zero-order chi connectivity index (χ0) is 25.2. The number of benzene rings is 3. The first-order chi connectivity index (χ1) is 16.8. The van der Waals surface area contributed by atoms with Crippen molar-refractivity contribution < 1.29 is 19.5 Å². The number of nitrogens with two attached hydrogens (primary N) is 1. The molecule has 3 N–H and O–H groups in total. The van der Waals surface area contributed by atoms with E-state index in [2.05, 4.69) is 5.16 Å². The highest BCUT2D eigenvalue weighted by Crippen LogP contribution is 2.46. The first-order valence-corrected chi connectivity index (χ1v) is 11.5. The van der Waals surface area contributed by atoms with Crippen molar-refractivity contribution in [2.75, 3.05) is 7.11 Å². The first kappa shape index (κ1) is 24.3. The molecule has 7 nitrogen and oxygen atoms in total. The van der Waals surface area contributed by atoms with Crippen LogP contribution in [-0.4, -0.2) is 40.5 Å². The van der Waals surface area contributed by atoms with Crippen LogP contribution < -0.4 is 5.73 Å². The summed E-state index contributed by atoms with van der Waals surface area (Å²) >= 11 is 6.52. The smallest absolute Gasteiger partial charge is 0.331 e. The van der Waals surface area contributed by atoms with Crippen LogP contribution in [0.5, 0.6) is 0 Å². The number of amidine groups is 1. The zero-order valence-corrected chi connectivity index (χ0v) is 20.2. The van der Waals surface area contributed by atoms with Crippen molar-refractivity contribution in [3.05, 3.63) is 94.5 Å². The van der Waals surface area contributed by atoms with E-state index in [4.69, 9.17) is 22.1 Å². The van der Waals surface area contributed by atoms with Gasteiger partial charge in [0.1, 0.15) is 5.54 Å². The summed E-state index contributed by atoms with van der Waals surface area (Å²) in [5.74, 6) is -0.905. The first-order valence-electron chi connectivity index (χ1n) is 11.2. The van der Waals surface area contributed by atoms with Crippen LogP contribution in [0.3, 0.4) is 0 Å². The molecule has 3 aromatic rings. The lowest BCUT2D eigenvalue weighted by molar-refractivity contribution is -0.151. The number of esters is 1. The molecule has 0 radical (unpaired) electrons. The standard InChI is InChI=1S/C27H26ClN3O4/c1-27(26(33)35-2)16-15-23(21-13-7-8-14-22(21)28)31(27)25(32)20-12-6-4-10-18(20)17-9-3-5-11-19(17)24(29)30-34/h3-14,23,34H,15-16H2,1-2H3,(H2,29,30)/t23-,27+/m1/s1. The fourth-order valence-electron chi connectivity index (χ4n) is 4.87. The minimum absolute atomic E-state index is 0.0719. The van der Waals surface area contributed by atoms with E-state index in [0.717, 1.165) is 5.56 Å². The van der Waals surface area contributed by atoms with Crippen LogP contribution in [0.2, 0.25) is 5.02 Å². The highest BCUT2D eigenvalue weighted by Gasteiger charge is 2.52. The Labute approximate surface area is 208 Å². The lowest BCUT2D eigenvalue weighted by Crippen LogP contribution is -2.52. The summed E-state index contributed by atoms with van der Waals surface area (Å²) in [4.78, 5) is 28.8. The predicted octanol–water partition coefficient (Wildman–Crippen LogP) is 5.01. The minimum atomic E-state index is -1.19. The summed E-state index contributed by atoms with van der Waals surface area (Å²) in [5, 5.41) is 12.9. The summed E-state index contributed by atoms with van der Waals surface area (Å²) in [6.07, 6.45) is 0.966. The maximum atomic E-state index is 14.3. The van der Waals surface area contributed by atoms with Crippen LogP contribution in [0, 0.1) is 0 Å². The molecule has 0 aliphatic carbocycles. The number of likely N-dealkylation sites (tertiary alicyclic amines) is 1. The van der Waals surface area contributed by atoms with Gasteiger partial charge < -0.3 is 20.6 Å². The van der Waals surface area contributed by atoms with Gasteiger partial charge >= 0.3 is 5.97 Å². The molecule has 35 heavy (non-hydrogen) atoms. The number of nitrogens with zero attached hydrogens (tertiary/aromatic N) is 2. The minimum Gasteiger partial charge on any atom is -0.467 e. The number of hydrogen-bond acceptors (Lipinski definition) is 5. The third-order valence-electron chi connectivity index (χ3n) is 6.61. The fourth-order valence-corrected chi connectivity index (χ4v) is 5.13. The lowest BCUT2D eigenvalue weighted by atomic mass is 9.92. The number of halogens is 1. The van der Waals surface area contributed by atoms with Gasteiger partial charge in [-0.2, -0.15) is 0 Å². The van der Waals surface area contributed by atoms with Gasteiger partial charge in [-0.3, -0.25) is 4.79 Å².